The fourth-order valence-electron chi connectivity index (χ4n) is 2.72. The molecule has 1 heterocycles. The summed E-state index contributed by atoms with van der Waals surface area (Å²) in [7, 11) is -3.79. The van der Waals surface area contributed by atoms with Gasteiger partial charge in [0.1, 0.15) is 4.90 Å². The number of nitrogens with zero attached hydrogens (tertiary/aromatic N) is 1. The zero-order valence-electron chi connectivity index (χ0n) is 11.9. The maximum atomic E-state index is 12.8. The molecule has 7 heteroatoms. The molecule has 1 aromatic carbocycles. The van der Waals surface area contributed by atoms with Crippen LogP contribution in [-0.4, -0.2) is 36.4 Å². The van der Waals surface area contributed by atoms with Crippen LogP contribution in [0.1, 0.15) is 25.3 Å². The van der Waals surface area contributed by atoms with Crippen molar-refractivity contribution in [3.05, 3.63) is 28.8 Å². The van der Waals surface area contributed by atoms with Crippen LogP contribution in [0.15, 0.2) is 23.1 Å². The Morgan fingerprint density at radius 3 is 2.71 bits per heavy atom. The summed E-state index contributed by atoms with van der Waals surface area (Å²) in [5.41, 5.74) is 0.789. The van der Waals surface area contributed by atoms with Crippen molar-refractivity contribution in [3.8, 4) is 0 Å². The predicted octanol–water partition coefficient (Wildman–Crippen LogP) is 2.52. The number of carboxylic acids is 1. The molecule has 2 rings (SSSR count). The van der Waals surface area contributed by atoms with E-state index in [2.05, 4.69) is 0 Å². The molecule has 0 aromatic heterocycles. The van der Waals surface area contributed by atoms with Crippen molar-refractivity contribution in [2.45, 2.75) is 37.6 Å². The SMILES string of the molecule is Cc1ccc(Cl)c(S(=O)(=O)N2CCC[C@@H](C(=O)O)[C@H]2C)c1. The Hall–Kier alpha value is -1.11. The largest absolute Gasteiger partial charge is 0.481 e. The topological polar surface area (TPSA) is 74.7 Å². The molecule has 1 N–H and O–H groups in total. The van der Waals surface area contributed by atoms with Crippen LogP contribution in [0.2, 0.25) is 5.02 Å². The van der Waals surface area contributed by atoms with Gasteiger partial charge in [0, 0.05) is 12.6 Å². The van der Waals surface area contributed by atoms with Crippen LogP contribution in [0, 0.1) is 12.8 Å². The number of benzene rings is 1. The maximum absolute atomic E-state index is 12.8. The molecule has 1 aromatic rings. The third-order valence-electron chi connectivity index (χ3n) is 3.92. The first-order chi connectivity index (χ1) is 9.75. The van der Waals surface area contributed by atoms with Gasteiger partial charge in [-0.2, -0.15) is 4.31 Å². The number of hydrogen-bond donors (Lipinski definition) is 1. The number of rotatable bonds is 3. The molecular formula is C14H18ClNO4S. The lowest BCUT2D eigenvalue weighted by Gasteiger charge is -2.36. The minimum atomic E-state index is -3.79. The lowest BCUT2D eigenvalue weighted by atomic mass is 9.92. The minimum Gasteiger partial charge on any atom is -0.481 e. The van der Waals surface area contributed by atoms with Gasteiger partial charge in [-0.05, 0) is 44.4 Å². The summed E-state index contributed by atoms with van der Waals surface area (Å²) in [6, 6.07) is 4.22. The second-order valence-corrected chi connectivity index (χ2v) is 7.64. The Labute approximate surface area is 129 Å². The zero-order chi connectivity index (χ0) is 15.8. The van der Waals surface area contributed by atoms with Crippen molar-refractivity contribution in [2.24, 2.45) is 5.92 Å². The highest BCUT2D eigenvalue weighted by Gasteiger charge is 2.40. The van der Waals surface area contributed by atoms with Crippen molar-refractivity contribution in [2.75, 3.05) is 6.54 Å². The van der Waals surface area contributed by atoms with E-state index in [9.17, 15) is 18.3 Å². The van der Waals surface area contributed by atoms with Gasteiger partial charge in [0.25, 0.3) is 0 Å². The van der Waals surface area contributed by atoms with Crippen LogP contribution >= 0.6 is 11.6 Å². The van der Waals surface area contributed by atoms with E-state index in [1.54, 1.807) is 26.0 Å². The van der Waals surface area contributed by atoms with Gasteiger partial charge in [0.05, 0.1) is 10.9 Å². The zero-order valence-corrected chi connectivity index (χ0v) is 13.5. The monoisotopic (exact) mass is 331 g/mol. The van der Waals surface area contributed by atoms with Crippen LogP contribution < -0.4 is 0 Å². The molecule has 116 valence electrons. The third-order valence-corrected chi connectivity index (χ3v) is 6.39. The van der Waals surface area contributed by atoms with Crippen LogP contribution in [0.4, 0.5) is 0 Å². The summed E-state index contributed by atoms with van der Waals surface area (Å²) in [6.45, 7) is 3.74. The molecule has 0 spiro atoms. The number of carboxylic acid groups (broad SMARTS) is 1. The molecule has 0 radical (unpaired) electrons. The second kappa shape index (κ2) is 5.94. The Balaban J connectivity index is 2.43. The highest BCUT2D eigenvalue weighted by atomic mass is 35.5. The van der Waals surface area contributed by atoms with Crippen molar-refractivity contribution in [1.29, 1.82) is 0 Å². The highest BCUT2D eigenvalue weighted by molar-refractivity contribution is 7.89. The molecule has 2 atom stereocenters. The standard InChI is InChI=1S/C14H18ClNO4S/c1-9-5-6-12(15)13(8-9)21(19,20)16-7-3-4-11(10(16)2)14(17)18/h5-6,8,10-11H,3-4,7H2,1-2H3,(H,17,18)/t10-,11-/m1/s1. The lowest BCUT2D eigenvalue weighted by molar-refractivity contribution is -0.144. The molecule has 1 aliphatic rings. The van der Waals surface area contributed by atoms with Gasteiger partial charge in [-0.25, -0.2) is 8.42 Å². The van der Waals surface area contributed by atoms with Crippen LogP contribution in [-0.2, 0) is 14.8 Å². The van der Waals surface area contributed by atoms with Gasteiger partial charge in [-0.15, -0.1) is 0 Å². The predicted molar refractivity (Wildman–Crippen MR) is 79.9 cm³/mol. The number of piperidine rings is 1. The molecule has 5 nitrogen and oxygen atoms in total. The molecule has 1 saturated heterocycles. The van der Waals surface area contributed by atoms with Crippen LogP contribution in [0.25, 0.3) is 0 Å². The lowest BCUT2D eigenvalue weighted by Crippen LogP contribution is -2.49. The van der Waals surface area contributed by atoms with Crippen molar-refractivity contribution >= 4 is 27.6 Å². The van der Waals surface area contributed by atoms with E-state index < -0.39 is 28.0 Å². The fraction of sp³-hybridized carbons (Fsp3) is 0.500. The summed E-state index contributed by atoms with van der Waals surface area (Å²) < 4.78 is 26.8. The van der Waals surface area contributed by atoms with E-state index in [-0.39, 0.29) is 9.92 Å². The quantitative estimate of drug-likeness (QED) is 0.923. The first kappa shape index (κ1) is 16.3. The molecule has 1 fully saturated rings. The minimum absolute atomic E-state index is 0.0436. The summed E-state index contributed by atoms with van der Waals surface area (Å²) in [6.07, 6.45) is 1.02. The molecule has 0 amide bonds. The molecule has 0 aliphatic carbocycles. The van der Waals surface area contributed by atoms with Gasteiger partial charge in [0.2, 0.25) is 10.0 Å². The third kappa shape index (κ3) is 3.07. The average molecular weight is 332 g/mol. The number of hydrogen-bond acceptors (Lipinski definition) is 3. The van der Waals surface area contributed by atoms with E-state index in [0.29, 0.717) is 19.4 Å². The average Bonchev–Trinajstić information content (AvgIpc) is 2.41. The Kier molecular flexibility index (Phi) is 4.60. The van der Waals surface area contributed by atoms with Gasteiger partial charge in [-0.1, -0.05) is 17.7 Å². The Morgan fingerprint density at radius 2 is 2.10 bits per heavy atom. The van der Waals surface area contributed by atoms with Crippen molar-refractivity contribution in [1.82, 2.24) is 4.31 Å². The summed E-state index contributed by atoms with van der Waals surface area (Å²) in [5.74, 6) is -1.64. The molecule has 1 aliphatic heterocycles. The summed E-state index contributed by atoms with van der Waals surface area (Å²) in [5, 5.41) is 9.37. The first-order valence-corrected chi connectivity index (χ1v) is 8.57. The molecule has 0 bridgehead atoms. The Bertz CT molecular complexity index is 659. The van der Waals surface area contributed by atoms with Crippen molar-refractivity contribution in [3.63, 3.8) is 0 Å². The van der Waals surface area contributed by atoms with E-state index in [1.165, 1.54) is 10.4 Å². The Morgan fingerprint density at radius 1 is 1.43 bits per heavy atom. The van der Waals surface area contributed by atoms with Gasteiger partial charge < -0.3 is 5.11 Å². The van der Waals surface area contributed by atoms with Gasteiger partial charge in [-0.3, -0.25) is 4.79 Å². The number of halogens is 1. The van der Waals surface area contributed by atoms with Gasteiger partial charge >= 0.3 is 5.97 Å². The highest BCUT2D eigenvalue weighted by Crippen LogP contribution is 2.32. The second-order valence-electron chi connectivity index (χ2n) is 5.38. The summed E-state index contributed by atoms with van der Waals surface area (Å²) >= 11 is 6.02. The van der Waals surface area contributed by atoms with E-state index in [1.807, 2.05) is 0 Å². The van der Waals surface area contributed by atoms with Gasteiger partial charge in [0.15, 0.2) is 0 Å². The number of aryl methyl sites for hydroxylation is 1. The number of sulfonamides is 1. The van der Waals surface area contributed by atoms with E-state index in [4.69, 9.17) is 11.6 Å². The van der Waals surface area contributed by atoms with E-state index in [0.717, 1.165) is 5.56 Å². The number of aliphatic carboxylic acids is 1. The number of carbonyl (C=O) groups is 1. The van der Waals surface area contributed by atoms with Crippen molar-refractivity contribution < 1.29 is 18.3 Å². The molecule has 0 saturated carbocycles. The first-order valence-electron chi connectivity index (χ1n) is 6.76. The summed E-state index contributed by atoms with van der Waals surface area (Å²) in [4.78, 5) is 11.3. The smallest absolute Gasteiger partial charge is 0.308 e. The normalized spacial score (nSPS) is 24.0. The van der Waals surface area contributed by atoms with Crippen LogP contribution in [0.5, 0.6) is 0 Å². The van der Waals surface area contributed by atoms with E-state index >= 15 is 0 Å². The fourth-order valence-corrected chi connectivity index (χ4v) is 4.98. The molecule has 0 unspecified atom stereocenters. The van der Waals surface area contributed by atoms with Crippen LogP contribution in [0.3, 0.4) is 0 Å². The molecule has 21 heavy (non-hydrogen) atoms. The maximum Gasteiger partial charge on any atom is 0.308 e. The molecular weight excluding hydrogens is 314 g/mol.